The first kappa shape index (κ1) is 61.6. The molecule has 0 unspecified atom stereocenters. The minimum atomic E-state index is -1.76. The number of imidazole rings is 1. The lowest BCUT2D eigenvalue weighted by Crippen LogP contribution is -2.61. The Labute approximate surface area is 418 Å². The molecule has 2 rings (SSSR count). The number of H-pyrrole nitrogens is 1. The summed E-state index contributed by atoms with van der Waals surface area (Å²) in [7, 11) is 0. The smallest absolute Gasteiger partial charge is 0.322 e. The first-order valence-corrected chi connectivity index (χ1v) is 23.1. The van der Waals surface area contributed by atoms with Gasteiger partial charge >= 0.3 is 11.9 Å². The molecule has 31 nitrogen and oxygen atoms in total. The molecule has 31 heteroatoms. The zero-order valence-electron chi connectivity index (χ0n) is 40.8. The number of likely N-dealkylation sites (tertiary alicyclic amines) is 1. The number of carbonyl (C=O) groups is 11. The topological polar surface area (TPSA) is 508 Å². The third-order valence-electron chi connectivity index (χ3n) is 10.9. The van der Waals surface area contributed by atoms with E-state index < -0.39 is 152 Å². The van der Waals surface area contributed by atoms with Crippen LogP contribution in [0.25, 0.3) is 0 Å². The lowest BCUT2D eigenvalue weighted by Gasteiger charge is -2.30. The van der Waals surface area contributed by atoms with Crippen molar-refractivity contribution in [1.29, 1.82) is 0 Å². The van der Waals surface area contributed by atoms with Crippen LogP contribution < -0.4 is 59.7 Å². The van der Waals surface area contributed by atoms with Gasteiger partial charge < -0.3 is 95.2 Å². The highest BCUT2D eigenvalue weighted by Gasteiger charge is 2.40. The van der Waals surface area contributed by atoms with Crippen LogP contribution in [0, 0.1) is 5.92 Å². The number of aliphatic carboxylic acids is 2. The number of hydrogen-bond donors (Lipinski definition) is 17. The standard InChI is InChI=1S/C42H69N15O16/c1-19(2)11-25(37(69)56-32(21(4)60)40(72)48-15-31(63)64)52-36(68)26(12-22-14-46-18-49-22)53-38(70)28(17-59)55-33(65)20(3)50-35(67)24(7-5-9-47-42(44)45)51-39(71)29-8-6-10-57(29)41(73)27(13-30(61)62)54-34(66)23(43)16-58/h14,18-21,23-29,32,58-60H,5-13,15-17,43H2,1-4H3,(H,46,49)(H,48,72)(H,50,67)(H,51,71)(H,52,68)(H,53,70)(H,54,66)(H,55,65)(H,56,69)(H,61,62)(H,63,64)(H4,44,45,47)/t20-,21+,23-,24-,25-,26-,27-,28-,29-,32-/m0/s1. The zero-order chi connectivity index (χ0) is 55.1. The van der Waals surface area contributed by atoms with E-state index >= 15 is 0 Å². The van der Waals surface area contributed by atoms with Gasteiger partial charge in [0.1, 0.15) is 60.9 Å². The van der Waals surface area contributed by atoms with Gasteiger partial charge in [-0.3, -0.25) is 57.7 Å². The first-order chi connectivity index (χ1) is 34.3. The maximum atomic E-state index is 13.9. The molecule has 9 amide bonds. The highest BCUT2D eigenvalue weighted by molar-refractivity contribution is 5.99. The Kier molecular flexibility index (Phi) is 25.6. The third-order valence-corrected chi connectivity index (χ3v) is 10.9. The van der Waals surface area contributed by atoms with Gasteiger partial charge in [0, 0.05) is 31.4 Å². The molecule has 73 heavy (non-hydrogen) atoms. The van der Waals surface area contributed by atoms with Crippen LogP contribution in [0.5, 0.6) is 0 Å². The summed E-state index contributed by atoms with van der Waals surface area (Å²) in [5.74, 6) is -12.2. The first-order valence-electron chi connectivity index (χ1n) is 23.1. The summed E-state index contributed by atoms with van der Waals surface area (Å²) in [6, 6.07) is -13.6. The number of aliphatic imine (C=N–C) groups is 1. The second-order valence-electron chi connectivity index (χ2n) is 17.5. The number of guanidine groups is 1. The van der Waals surface area contributed by atoms with Crippen LogP contribution in [0.1, 0.15) is 71.9 Å². The fourth-order valence-electron chi connectivity index (χ4n) is 7.16. The van der Waals surface area contributed by atoms with Crippen molar-refractivity contribution < 1.29 is 78.3 Å². The number of nitrogens with zero attached hydrogens (tertiary/aromatic N) is 3. The largest absolute Gasteiger partial charge is 0.481 e. The number of carboxylic acids is 2. The quantitative estimate of drug-likeness (QED) is 0.0187. The summed E-state index contributed by atoms with van der Waals surface area (Å²) >= 11 is 0. The average Bonchev–Trinajstić information content (AvgIpc) is 4.04. The summed E-state index contributed by atoms with van der Waals surface area (Å²) in [4.78, 5) is 155. The van der Waals surface area contributed by atoms with Gasteiger partial charge in [0.15, 0.2) is 5.96 Å². The van der Waals surface area contributed by atoms with E-state index in [4.69, 9.17) is 22.3 Å². The Bertz CT molecular complexity index is 2120. The predicted molar refractivity (Wildman–Crippen MR) is 252 cm³/mol. The van der Waals surface area contributed by atoms with Crippen LogP contribution in [-0.4, -0.2) is 205 Å². The van der Waals surface area contributed by atoms with E-state index in [-0.39, 0.29) is 63.5 Å². The van der Waals surface area contributed by atoms with Gasteiger partial charge in [-0.25, -0.2) is 4.98 Å². The Morgan fingerprint density at radius 1 is 0.753 bits per heavy atom. The molecule has 0 spiro atoms. The molecule has 0 aromatic carbocycles. The number of aromatic amines is 1. The highest BCUT2D eigenvalue weighted by Crippen LogP contribution is 2.20. The van der Waals surface area contributed by atoms with Crippen LogP contribution in [0.4, 0.5) is 0 Å². The highest BCUT2D eigenvalue weighted by atomic mass is 16.4. The molecule has 0 aliphatic carbocycles. The van der Waals surface area contributed by atoms with Crippen LogP contribution >= 0.6 is 0 Å². The second kappa shape index (κ2) is 30.4. The molecule has 1 saturated heterocycles. The number of amides is 9. The predicted octanol–water partition coefficient (Wildman–Crippen LogP) is -8.18. The number of carbonyl (C=O) groups excluding carboxylic acids is 9. The zero-order valence-corrected chi connectivity index (χ0v) is 40.8. The Hall–Kier alpha value is -7.51. The van der Waals surface area contributed by atoms with Crippen LogP contribution in [-0.2, 0) is 59.2 Å². The van der Waals surface area contributed by atoms with Crippen molar-refractivity contribution >= 4 is 71.1 Å². The summed E-state index contributed by atoms with van der Waals surface area (Å²) < 4.78 is 0. The van der Waals surface area contributed by atoms with E-state index in [2.05, 4.69) is 57.5 Å². The van der Waals surface area contributed by atoms with E-state index in [9.17, 15) is 73.2 Å². The Balaban J connectivity index is 2.28. The summed E-state index contributed by atoms with van der Waals surface area (Å²) in [6.45, 7) is 3.11. The summed E-state index contributed by atoms with van der Waals surface area (Å²) in [5, 5.41) is 66.8. The van der Waals surface area contributed by atoms with Gasteiger partial charge in [0.25, 0.3) is 0 Å². The van der Waals surface area contributed by atoms with Crippen LogP contribution in [0.2, 0.25) is 0 Å². The Morgan fingerprint density at radius 2 is 1.36 bits per heavy atom. The minimum absolute atomic E-state index is 0.00473. The molecule has 1 aliphatic heterocycles. The molecule has 1 aliphatic rings. The summed E-state index contributed by atoms with van der Waals surface area (Å²) in [6.07, 6.45) is 0.211. The summed E-state index contributed by atoms with van der Waals surface area (Å²) in [5.41, 5.74) is 16.7. The molecular weight excluding hydrogens is 971 g/mol. The molecule has 0 saturated carbocycles. The molecular formula is C42H69N15O16. The second-order valence-corrected chi connectivity index (χ2v) is 17.5. The van der Waals surface area contributed by atoms with Crippen molar-refractivity contribution in [2.24, 2.45) is 28.1 Å². The van der Waals surface area contributed by atoms with E-state index in [1.54, 1.807) is 13.8 Å². The fourth-order valence-corrected chi connectivity index (χ4v) is 7.16. The van der Waals surface area contributed by atoms with Gasteiger partial charge in [-0.15, -0.1) is 0 Å². The molecule has 20 N–H and O–H groups in total. The lowest BCUT2D eigenvalue weighted by molar-refractivity contribution is -0.146. The maximum Gasteiger partial charge on any atom is 0.322 e. The van der Waals surface area contributed by atoms with Crippen molar-refractivity contribution in [2.75, 3.05) is 32.8 Å². The molecule has 1 fully saturated rings. The number of nitrogens with two attached hydrogens (primary N) is 3. The normalized spacial score (nSPS) is 16.8. The van der Waals surface area contributed by atoms with Gasteiger partial charge in [0.05, 0.1) is 32.1 Å². The average molecular weight is 1040 g/mol. The van der Waals surface area contributed by atoms with E-state index in [0.29, 0.717) is 5.69 Å². The minimum Gasteiger partial charge on any atom is -0.481 e. The monoisotopic (exact) mass is 1040 g/mol. The van der Waals surface area contributed by atoms with Gasteiger partial charge in [-0.05, 0) is 51.9 Å². The molecule has 1 aromatic rings. The SMILES string of the molecule is CC(C)C[C@H](NC(=O)[C@H](Cc1cnc[nH]1)NC(=O)[C@H](CO)NC(=O)[C@H](C)NC(=O)[C@H](CCCN=C(N)N)NC(=O)[C@@H]1CCCN1C(=O)[C@H](CC(=O)O)NC(=O)[C@@H](N)CO)C(=O)N[C@H](C(=O)NCC(=O)O)[C@@H](C)O. The number of hydrogen-bond acceptors (Lipinski definition) is 17. The van der Waals surface area contributed by atoms with Crippen molar-refractivity contribution in [3.05, 3.63) is 18.2 Å². The molecule has 408 valence electrons. The number of aliphatic hydroxyl groups excluding tert-OH is 3. The third kappa shape index (κ3) is 21.0. The molecule has 0 radical (unpaired) electrons. The van der Waals surface area contributed by atoms with Crippen molar-refractivity contribution in [3.8, 4) is 0 Å². The molecule has 0 bridgehead atoms. The fraction of sp³-hybridized carbons (Fsp3) is 0.643. The van der Waals surface area contributed by atoms with Crippen LogP contribution in [0.15, 0.2) is 17.5 Å². The number of carboxylic acid groups (broad SMARTS) is 2. The van der Waals surface area contributed by atoms with Gasteiger partial charge in [0.2, 0.25) is 53.2 Å². The van der Waals surface area contributed by atoms with E-state index in [1.807, 2.05) is 0 Å². The number of rotatable bonds is 31. The number of nitrogens with one attached hydrogen (secondary N) is 9. The van der Waals surface area contributed by atoms with E-state index in [1.165, 1.54) is 26.4 Å². The molecule has 2 heterocycles. The lowest BCUT2D eigenvalue weighted by atomic mass is 10.0. The van der Waals surface area contributed by atoms with Gasteiger partial charge in [-0.2, -0.15) is 0 Å². The van der Waals surface area contributed by atoms with Gasteiger partial charge in [-0.1, -0.05) is 13.8 Å². The van der Waals surface area contributed by atoms with Crippen molar-refractivity contribution in [3.63, 3.8) is 0 Å². The van der Waals surface area contributed by atoms with Crippen molar-refractivity contribution in [1.82, 2.24) is 57.4 Å². The van der Waals surface area contributed by atoms with Crippen LogP contribution in [0.3, 0.4) is 0 Å². The van der Waals surface area contributed by atoms with E-state index in [0.717, 1.165) is 4.90 Å². The number of aliphatic hydroxyl groups is 3. The Morgan fingerprint density at radius 3 is 1.92 bits per heavy atom. The molecule has 10 atom stereocenters. The number of aromatic nitrogens is 2. The van der Waals surface area contributed by atoms with Crippen molar-refractivity contribution in [2.45, 2.75) is 133 Å². The maximum absolute atomic E-state index is 13.9. The molecule has 1 aromatic heterocycles.